The summed E-state index contributed by atoms with van der Waals surface area (Å²) in [5.74, 6) is -0.226. The smallest absolute Gasteiger partial charge is 0.274 e. The third-order valence-corrected chi connectivity index (χ3v) is 2.38. The zero-order valence-corrected chi connectivity index (χ0v) is 10.8. The summed E-state index contributed by atoms with van der Waals surface area (Å²) < 4.78 is 1.19. The quantitative estimate of drug-likeness (QED) is 0.619. The van der Waals surface area contributed by atoms with E-state index in [0.29, 0.717) is 14.8 Å². The predicted octanol–water partition coefficient (Wildman–Crippen LogP) is 2.24. The van der Waals surface area contributed by atoms with Gasteiger partial charge in [-0.05, 0) is 44.0 Å². The summed E-state index contributed by atoms with van der Waals surface area (Å²) in [4.78, 5) is 20.4. The number of carbonyl (C=O) groups excluding carboxylic acids is 1. The molecule has 0 saturated carbocycles. The zero-order valence-electron chi connectivity index (χ0n) is 7.62. The first-order valence-corrected chi connectivity index (χ1v) is 5.28. The van der Waals surface area contributed by atoms with E-state index in [-0.39, 0.29) is 5.91 Å². The van der Waals surface area contributed by atoms with Crippen molar-refractivity contribution in [2.45, 2.75) is 0 Å². The number of halogens is 2. The van der Waals surface area contributed by atoms with Gasteiger partial charge < -0.3 is 0 Å². The minimum atomic E-state index is -0.226. The number of aromatic nitrogens is 1. The number of nitrogens with zero attached hydrogens (tertiary/aromatic N) is 2. The maximum Gasteiger partial charge on any atom is 0.277 e. The van der Waals surface area contributed by atoms with Gasteiger partial charge in [-0.15, -0.1) is 0 Å². The number of pyridine rings is 1. The van der Waals surface area contributed by atoms with Crippen LogP contribution in [0.4, 0.5) is 0 Å². The first kappa shape index (κ1) is 11.6. The molecular weight excluding hydrogens is 316 g/mol. The summed E-state index contributed by atoms with van der Waals surface area (Å²) in [5.41, 5.74) is 0.503. The lowest BCUT2D eigenvalue weighted by Crippen LogP contribution is -2.25. The van der Waals surface area contributed by atoms with E-state index in [1.54, 1.807) is 19.2 Å². The standard InChI is InChI=1S/C8H8Br2N2O2/c1-12(14-2)8(13)5-3-6(9)11-7(10)4-5/h3-4H,1-2H3. The van der Waals surface area contributed by atoms with E-state index in [9.17, 15) is 4.79 Å². The summed E-state index contributed by atoms with van der Waals surface area (Å²) in [6, 6.07) is 3.26. The molecule has 4 nitrogen and oxygen atoms in total. The highest BCUT2D eigenvalue weighted by Crippen LogP contribution is 2.16. The van der Waals surface area contributed by atoms with Gasteiger partial charge in [0.15, 0.2) is 0 Å². The molecule has 1 amide bonds. The largest absolute Gasteiger partial charge is 0.277 e. The molecule has 76 valence electrons. The van der Waals surface area contributed by atoms with Crippen LogP contribution in [0.1, 0.15) is 10.4 Å². The van der Waals surface area contributed by atoms with Gasteiger partial charge in [-0.1, -0.05) is 0 Å². The van der Waals surface area contributed by atoms with Crippen LogP contribution in [-0.2, 0) is 4.84 Å². The molecular formula is C8H8Br2N2O2. The maximum atomic E-state index is 11.6. The Balaban J connectivity index is 3.01. The van der Waals surface area contributed by atoms with Crippen molar-refractivity contribution in [3.05, 3.63) is 26.9 Å². The Morgan fingerprint density at radius 1 is 1.43 bits per heavy atom. The highest BCUT2D eigenvalue weighted by molar-refractivity contribution is 9.11. The van der Waals surface area contributed by atoms with E-state index >= 15 is 0 Å². The lowest BCUT2D eigenvalue weighted by atomic mass is 10.2. The zero-order chi connectivity index (χ0) is 10.7. The van der Waals surface area contributed by atoms with Gasteiger partial charge >= 0.3 is 0 Å². The van der Waals surface area contributed by atoms with Crippen LogP contribution in [0.5, 0.6) is 0 Å². The average molecular weight is 324 g/mol. The molecule has 1 rings (SSSR count). The maximum absolute atomic E-state index is 11.6. The molecule has 0 fully saturated rings. The van der Waals surface area contributed by atoms with Crippen LogP contribution >= 0.6 is 31.9 Å². The second kappa shape index (κ2) is 4.86. The lowest BCUT2D eigenvalue weighted by Gasteiger charge is -2.13. The Morgan fingerprint density at radius 2 is 1.93 bits per heavy atom. The Labute approximate surface area is 98.5 Å². The third kappa shape index (κ3) is 2.76. The summed E-state index contributed by atoms with van der Waals surface area (Å²) in [6.07, 6.45) is 0. The number of hydroxylamine groups is 2. The highest BCUT2D eigenvalue weighted by Gasteiger charge is 2.12. The number of hydrogen-bond donors (Lipinski definition) is 0. The van der Waals surface area contributed by atoms with E-state index in [1.165, 1.54) is 7.11 Å². The van der Waals surface area contributed by atoms with Crippen molar-refractivity contribution in [1.82, 2.24) is 10.0 Å². The molecule has 0 radical (unpaired) electrons. The van der Waals surface area contributed by atoms with E-state index in [0.717, 1.165) is 5.06 Å². The van der Waals surface area contributed by atoms with Gasteiger partial charge in [0.05, 0.1) is 7.11 Å². The van der Waals surface area contributed by atoms with E-state index in [2.05, 4.69) is 36.8 Å². The summed E-state index contributed by atoms with van der Waals surface area (Å²) in [6.45, 7) is 0. The number of rotatable bonds is 2. The minimum Gasteiger partial charge on any atom is -0.274 e. The number of carbonyl (C=O) groups is 1. The van der Waals surface area contributed by atoms with Gasteiger partial charge in [0.2, 0.25) is 0 Å². The second-order valence-electron chi connectivity index (χ2n) is 2.49. The van der Waals surface area contributed by atoms with Crippen molar-refractivity contribution >= 4 is 37.8 Å². The lowest BCUT2D eigenvalue weighted by molar-refractivity contribution is -0.0757. The molecule has 0 spiro atoms. The van der Waals surface area contributed by atoms with Crippen LogP contribution in [0.2, 0.25) is 0 Å². The minimum absolute atomic E-state index is 0.226. The Morgan fingerprint density at radius 3 is 2.36 bits per heavy atom. The molecule has 1 aromatic rings. The van der Waals surface area contributed by atoms with Crippen molar-refractivity contribution in [2.75, 3.05) is 14.2 Å². The van der Waals surface area contributed by atoms with Crippen LogP contribution < -0.4 is 0 Å². The molecule has 0 aliphatic heterocycles. The number of amides is 1. The van der Waals surface area contributed by atoms with Gasteiger partial charge in [0.1, 0.15) is 9.21 Å². The molecule has 0 N–H and O–H groups in total. The van der Waals surface area contributed by atoms with Crippen molar-refractivity contribution < 1.29 is 9.63 Å². The molecule has 0 aliphatic rings. The molecule has 0 saturated heterocycles. The van der Waals surface area contributed by atoms with E-state index < -0.39 is 0 Å². The van der Waals surface area contributed by atoms with Gasteiger partial charge in [-0.3, -0.25) is 9.63 Å². The molecule has 1 aromatic heterocycles. The monoisotopic (exact) mass is 322 g/mol. The van der Waals surface area contributed by atoms with Gasteiger partial charge in [-0.25, -0.2) is 10.0 Å². The van der Waals surface area contributed by atoms with Crippen molar-refractivity contribution in [3.63, 3.8) is 0 Å². The topological polar surface area (TPSA) is 42.4 Å². The predicted molar refractivity (Wildman–Crippen MR) is 58.7 cm³/mol. The highest BCUT2D eigenvalue weighted by atomic mass is 79.9. The molecule has 0 atom stereocenters. The van der Waals surface area contributed by atoms with Gasteiger partial charge in [0.25, 0.3) is 5.91 Å². The third-order valence-electron chi connectivity index (χ3n) is 1.57. The van der Waals surface area contributed by atoms with Crippen molar-refractivity contribution in [2.24, 2.45) is 0 Å². The molecule has 1 heterocycles. The fourth-order valence-corrected chi connectivity index (χ4v) is 1.97. The van der Waals surface area contributed by atoms with Crippen molar-refractivity contribution in [1.29, 1.82) is 0 Å². The van der Waals surface area contributed by atoms with E-state index in [4.69, 9.17) is 4.84 Å². The fraction of sp³-hybridized carbons (Fsp3) is 0.250. The average Bonchev–Trinajstić information content (AvgIpc) is 2.14. The van der Waals surface area contributed by atoms with Crippen LogP contribution in [0.15, 0.2) is 21.3 Å². The number of hydrogen-bond acceptors (Lipinski definition) is 3. The van der Waals surface area contributed by atoms with E-state index in [1.807, 2.05) is 0 Å². The summed E-state index contributed by atoms with van der Waals surface area (Å²) in [5, 5.41) is 1.15. The first-order chi connectivity index (χ1) is 6.54. The molecule has 0 bridgehead atoms. The molecule has 14 heavy (non-hydrogen) atoms. The summed E-state index contributed by atoms with van der Waals surface area (Å²) in [7, 11) is 2.98. The van der Waals surface area contributed by atoms with Crippen LogP contribution in [0, 0.1) is 0 Å². The molecule has 0 aromatic carbocycles. The SMILES string of the molecule is CON(C)C(=O)c1cc(Br)nc(Br)c1. The second-order valence-corrected chi connectivity index (χ2v) is 4.11. The van der Waals surface area contributed by atoms with Crippen LogP contribution in [0.25, 0.3) is 0 Å². The summed E-state index contributed by atoms with van der Waals surface area (Å²) >= 11 is 6.40. The van der Waals surface area contributed by atoms with Crippen LogP contribution in [-0.4, -0.2) is 30.1 Å². The molecule has 0 aliphatic carbocycles. The van der Waals surface area contributed by atoms with Gasteiger partial charge in [0, 0.05) is 12.6 Å². The fourth-order valence-electron chi connectivity index (χ4n) is 0.853. The van der Waals surface area contributed by atoms with Crippen LogP contribution in [0.3, 0.4) is 0 Å². The van der Waals surface area contributed by atoms with Crippen molar-refractivity contribution in [3.8, 4) is 0 Å². The van der Waals surface area contributed by atoms with Gasteiger partial charge in [-0.2, -0.15) is 0 Å². The first-order valence-electron chi connectivity index (χ1n) is 3.70. The Kier molecular flexibility index (Phi) is 4.03. The Hall–Kier alpha value is -0.460. The molecule has 0 unspecified atom stereocenters. The molecule has 6 heteroatoms. The Bertz CT molecular complexity index is 337. The normalized spacial score (nSPS) is 10.0.